The van der Waals surface area contributed by atoms with Crippen LogP contribution in [0, 0.1) is 5.92 Å². The van der Waals surface area contributed by atoms with Crippen LogP contribution in [0.5, 0.6) is 5.75 Å². The molecule has 0 radical (unpaired) electrons. The molecule has 0 bridgehead atoms. The van der Waals surface area contributed by atoms with Crippen molar-refractivity contribution in [2.45, 2.75) is 18.9 Å². The summed E-state index contributed by atoms with van der Waals surface area (Å²) in [5.74, 6) is 1.36. The topological polar surface area (TPSA) is 50.4 Å². The number of methoxy groups -OCH3 is 1. The van der Waals surface area contributed by atoms with Gasteiger partial charge in [-0.15, -0.1) is 0 Å². The van der Waals surface area contributed by atoms with Crippen LogP contribution in [0.15, 0.2) is 48.5 Å². The highest BCUT2D eigenvalue weighted by Gasteiger charge is 2.32. The number of ether oxygens (including phenoxy) is 1. The lowest BCUT2D eigenvalue weighted by Crippen LogP contribution is -2.32. The van der Waals surface area contributed by atoms with Gasteiger partial charge in [-0.1, -0.05) is 29.8 Å². The van der Waals surface area contributed by atoms with Gasteiger partial charge in [-0.2, -0.15) is 0 Å². The Morgan fingerprint density at radius 1 is 1.25 bits per heavy atom. The minimum Gasteiger partial charge on any atom is -0.497 e. The van der Waals surface area contributed by atoms with Crippen LogP contribution in [0.1, 0.15) is 24.4 Å². The average Bonchev–Trinajstić information content (AvgIpc) is 3.40. The normalized spacial score (nSPS) is 14.9. The van der Waals surface area contributed by atoms with Crippen LogP contribution in [0.3, 0.4) is 0 Å². The molecule has 24 heavy (non-hydrogen) atoms. The summed E-state index contributed by atoms with van der Waals surface area (Å²) in [7, 11) is 1.66. The molecule has 1 unspecified atom stereocenters. The summed E-state index contributed by atoms with van der Waals surface area (Å²) in [5.41, 5.74) is 1.90. The van der Waals surface area contributed by atoms with Gasteiger partial charge >= 0.3 is 0 Å². The number of hydrogen-bond acceptors (Lipinski definition) is 3. The minimum absolute atomic E-state index is 0.0728. The molecule has 0 spiro atoms. The quantitative estimate of drug-likeness (QED) is 0.797. The smallest absolute Gasteiger partial charge is 0.238 e. The number of carbonyl (C=O) groups excluding carboxylic acids is 1. The van der Waals surface area contributed by atoms with Gasteiger partial charge in [-0.3, -0.25) is 4.79 Å². The predicted octanol–water partition coefficient (Wildman–Crippen LogP) is 4.03. The van der Waals surface area contributed by atoms with E-state index < -0.39 is 0 Å². The van der Waals surface area contributed by atoms with E-state index in [-0.39, 0.29) is 18.5 Å². The van der Waals surface area contributed by atoms with Crippen molar-refractivity contribution >= 4 is 23.2 Å². The number of anilines is 1. The molecular formula is C19H21ClN2O2. The summed E-state index contributed by atoms with van der Waals surface area (Å²) in [4.78, 5) is 12.2. The minimum atomic E-state index is -0.0728. The van der Waals surface area contributed by atoms with E-state index in [1.807, 2.05) is 24.3 Å². The van der Waals surface area contributed by atoms with E-state index in [0.29, 0.717) is 16.6 Å². The Kier molecular flexibility index (Phi) is 5.38. The number of halogens is 1. The van der Waals surface area contributed by atoms with Crippen LogP contribution in [-0.4, -0.2) is 19.6 Å². The number of carbonyl (C=O) groups is 1. The third kappa shape index (κ3) is 4.49. The van der Waals surface area contributed by atoms with Crippen LogP contribution in [0.25, 0.3) is 0 Å². The highest BCUT2D eigenvalue weighted by Crippen LogP contribution is 2.41. The molecular weight excluding hydrogens is 324 g/mol. The second kappa shape index (κ2) is 7.69. The molecule has 2 aromatic rings. The summed E-state index contributed by atoms with van der Waals surface area (Å²) < 4.78 is 5.20. The first-order valence-electron chi connectivity index (χ1n) is 8.08. The van der Waals surface area contributed by atoms with Crippen molar-refractivity contribution in [3.05, 3.63) is 59.1 Å². The molecule has 3 rings (SSSR count). The Hall–Kier alpha value is -2.04. The Morgan fingerprint density at radius 3 is 2.62 bits per heavy atom. The van der Waals surface area contributed by atoms with Crippen LogP contribution in [0.4, 0.5) is 5.69 Å². The van der Waals surface area contributed by atoms with Gasteiger partial charge in [0.25, 0.3) is 0 Å². The van der Waals surface area contributed by atoms with Crippen molar-refractivity contribution in [1.29, 1.82) is 0 Å². The Bertz CT molecular complexity index is 699. The third-order valence-corrected chi connectivity index (χ3v) is 4.39. The van der Waals surface area contributed by atoms with Crippen LogP contribution >= 0.6 is 11.6 Å². The fourth-order valence-electron chi connectivity index (χ4n) is 2.77. The summed E-state index contributed by atoms with van der Waals surface area (Å²) in [6, 6.07) is 15.4. The van der Waals surface area contributed by atoms with Gasteiger partial charge in [0.1, 0.15) is 5.75 Å². The Balaban J connectivity index is 1.58. The maximum Gasteiger partial charge on any atom is 0.238 e. The molecule has 0 heterocycles. The summed E-state index contributed by atoms with van der Waals surface area (Å²) >= 11 is 5.93. The lowest BCUT2D eigenvalue weighted by molar-refractivity contribution is -0.115. The summed E-state index contributed by atoms with van der Waals surface area (Å²) in [6.45, 7) is 0.264. The van der Waals surface area contributed by atoms with Gasteiger partial charge in [0, 0.05) is 16.8 Å². The zero-order valence-corrected chi connectivity index (χ0v) is 14.3. The molecule has 1 fully saturated rings. The molecule has 0 saturated heterocycles. The van der Waals surface area contributed by atoms with E-state index in [1.165, 1.54) is 18.4 Å². The van der Waals surface area contributed by atoms with E-state index in [0.717, 1.165) is 5.75 Å². The van der Waals surface area contributed by atoms with E-state index >= 15 is 0 Å². The molecule has 2 N–H and O–H groups in total. The molecule has 126 valence electrons. The fraction of sp³-hybridized carbons (Fsp3) is 0.316. The summed E-state index contributed by atoms with van der Waals surface area (Å²) in [6.07, 6.45) is 2.39. The number of hydrogen-bond donors (Lipinski definition) is 2. The lowest BCUT2D eigenvalue weighted by Gasteiger charge is -2.19. The van der Waals surface area contributed by atoms with Gasteiger partial charge < -0.3 is 15.4 Å². The SMILES string of the molecule is COc1ccc(C(NCC(=O)Nc2cccc(Cl)c2)C2CC2)cc1. The van der Waals surface area contributed by atoms with Gasteiger partial charge in [0.2, 0.25) is 5.91 Å². The molecule has 0 aromatic heterocycles. The molecule has 5 heteroatoms. The Labute approximate surface area is 147 Å². The largest absolute Gasteiger partial charge is 0.497 e. The van der Waals surface area contributed by atoms with Crippen molar-refractivity contribution in [1.82, 2.24) is 5.32 Å². The van der Waals surface area contributed by atoms with Gasteiger partial charge in [-0.25, -0.2) is 0 Å². The summed E-state index contributed by atoms with van der Waals surface area (Å²) in [5, 5.41) is 6.85. The van der Waals surface area contributed by atoms with Crippen molar-refractivity contribution in [2.75, 3.05) is 19.0 Å². The van der Waals surface area contributed by atoms with E-state index in [1.54, 1.807) is 19.2 Å². The monoisotopic (exact) mass is 344 g/mol. The second-order valence-corrected chi connectivity index (χ2v) is 6.46. The molecule has 1 aliphatic rings. The van der Waals surface area contributed by atoms with Crippen molar-refractivity contribution in [2.24, 2.45) is 5.92 Å². The second-order valence-electron chi connectivity index (χ2n) is 6.03. The van der Waals surface area contributed by atoms with Gasteiger partial charge in [0.05, 0.1) is 13.7 Å². The fourth-order valence-corrected chi connectivity index (χ4v) is 2.96. The Morgan fingerprint density at radius 2 is 2.00 bits per heavy atom. The predicted molar refractivity (Wildman–Crippen MR) is 96.5 cm³/mol. The highest BCUT2D eigenvalue weighted by atomic mass is 35.5. The number of amides is 1. The molecule has 2 aromatic carbocycles. The lowest BCUT2D eigenvalue weighted by atomic mass is 10.0. The highest BCUT2D eigenvalue weighted by molar-refractivity contribution is 6.30. The molecule has 1 aliphatic carbocycles. The van der Waals surface area contributed by atoms with Crippen LogP contribution in [0.2, 0.25) is 5.02 Å². The van der Waals surface area contributed by atoms with Gasteiger partial charge in [0.15, 0.2) is 0 Å². The molecule has 0 aliphatic heterocycles. The molecule has 1 atom stereocenters. The van der Waals surface area contributed by atoms with Gasteiger partial charge in [-0.05, 0) is 54.7 Å². The van der Waals surface area contributed by atoms with Crippen molar-refractivity contribution < 1.29 is 9.53 Å². The molecule has 4 nitrogen and oxygen atoms in total. The number of benzene rings is 2. The van der Waals surface area contributed by atoms with Crippen molar-refractivity contribution in [3.8, 4) is 5.75 Å². The number of nitrogens with one attached hydrogen (secondary N) is 2. The van der Waals surface area contributed by atoms with E-state index in [4.69, 9.17) is 16.3 Å². The van der Waals surface area contributed by atoms with Crippen molar-refractivity contribution in [3.63, 3.8) is 0 Å². The first kappa shape index (κ1) is 16.8. The average molecular weight is 345 g/mol. The maximum absolute atomic E-state index is 12.2. The zero-order valence-electron chi connectivity index (χ0n) is 13.6. The van der Waals surface area contributed by atoms with Crippen LogP contribution < -0.4 is 15.4 Å². The van der Waals surface area contributed by atoms with E-state index in [9.17, 15) is 4.79 Å². The molecule has 1 amide bonds. The first-order valence-corrected chi connectivity index (χ1v) is 8.46. The van der Waals surface area contributed by atoms with Crippen LogP contribution in [-0.2, 0) is 4.79 Å². The third-order valence-electron chi connectivity index (χ3n) is 4.16. The first-order chi connectivity index (χ1) is 11.7. The van der Waals surface area contributed by atoms with E-state index in [2.05, 4.69) is 22.8 Å². The molecule has 1 saturated carbocycles. The zero-order chi connectivity index (χ0) is 16.9. The standard InChI is InChI=1S/C19H21ClN2O2/c1-24-17-9-7-14(8-10-17)19(13-5-6-13)21-12-18(23)22-16-4-2-3-15(20)11-16/h2-4,7-11,13,19,21H,5-6,12H2,1H3,(H,22,23). The number of rotatable bonds is 7. The maximum atomic E-state index is 12.2.